The standard InChI is InChI=1S/C21H24FN3O3/c1-13(14-2-4-15(22)5-3-14)10-19(27)25-12-21(9-8-16(25)11-21)24-20(28)17-6-7-18(26)23-17/h2-5,10,16-17H,6-9,11-12H2,1H3,(H,23,26)(H,24,28)/b13-10+. The Kier molecular flexibility index (Phi) is 4.69. The minimum absolute atomic E-state index is 0.0863. The zero-order valence-corrected chi connectivity index (χ0v) is 15.8. The van der Waals surface area contributed by atoms with Crippen LogP contribution in [0.4, 0.5) is 4.39 Å². The van der Waals surface area contributed by atoms with Crippen LogP contribution in [0.5, 0.6) is 0 Å². The van der Waals surface area contributed by atoms with Crippen molar-refractivity contribution in [2.45, 2.75) is 56.7 Å². The molecule has 1 saturated carbocycles. The lowest BCUT2D eigenvalue weighted by molar-refractivity contribution is -0.130. The summed E-state index contributed by atoms with van der Waals surface area (Å²) in [5, 5.41) is 5.81. The van der Waals surface area contributed by atoms with Crippen molar-refractivity contribution in [2.75, 3.05) is 6.54 Å². The van der Waals surface area contributed by atoms with Crippen LogP contribution in [0, 0.1) is 5.82 Å². The molecule has 7 heteroatoms. The van der Waals surface area contributed by atoms with E-state index >= 15 is 0 Å². The molecule has 0 spiro atoms. The SMILES string of the molecule is C/C(=C\C(=O)N1CC2(NC(=O)C3CCC(=O)N3)CCC1C2)c1ccc(F)cc1. The minimum Gasteiger partial charge on any atom is -0.347 e. The second-order valence-electron chi connectivity index (χ2n) is 8.13. The number of allylic oxidation sites excluding steroid dienone is 1. The fraction of sp³-hybridized carbons (Fsp3) is 0.476. The highest BCUT2D eigenvalue weighted by atomic mass is 19.1. The van der Waals surface area contributed by atoms with Crippen LogP contribution in [0.25, 0.3) is 5.57 Å². The Labute approximate surface area is 163 Å². The predicted molar refractivity (Wildman–Crippen MR) is 101 cm³/mol. The Morgan fingerprint density at radius 3 is 2.71 bits per heavy atom. The largest absolute Gasteiger partial charge is 0.347 e. The molecule has 3 unspecified atom stereocenters. The Bertz CT molecular complexity index is 851. The number of benzene rings is 1. The van der Waals surface area contributed by atoms with E-state index < -0.39 is 11.6 Å². The van der Waals surface area contributed by atoms with Gasteiger partial charge in [0.1, 0.15) is 11.9 Å². The smallest absolute Gasteiger partial charge is 0.247 e. The van der Waals surface area contributed by atoms with Crippen LogP contribution in [0.2, 0.25) is 0 Å². The van der Waals surface area contributed by atoms with Gasteiger partial charge in [-0.15, -0.1) is 0 Å². The van der Waals surface area contributed by atoms with Crippen molar-refractivity contribution in [3.05, 3.63) is 41.7 Å². The Balaban J connectivity index is 1.42. The quantitative estimate of drug-likeness (QED) is 0.776. The van der Waals surface area contributed by atoms with Crippen molar-refractivity contribution in [1.82, 2.24) is 15.5 Å². The molecule has 1 aromatic carbocycles. The monoisotopic (exact) mass is 385 g/mol. The third-order valence-corrected chi connectivity index (χ3v) is 6.12. The number of piperidine rings is 1. The van der Waals surface area contributed by atoms with Crippen molar-refractivity contribution >= 4 is 23.3 Å². The van der Waals surface area contributed by atoms with Crippen LogP contribution in [-0.2, 0) is 14.4 Å². The average Bonchev–Trinajstić information content (AvgIpc) is 3.36. The highest BCUT2D eigenvalue weighted by molar-refractivity contribution is 5.96. The van der Waals surface area contributed by atoms with Gasteiger partial charge in [0.05, 0.1) is 5.54 Å². The van der Waals surface area contributed by atoms with E-state index in [1.165, 1.54) is 12.1 Å². The van der Waals surface area contributed by atoms with Gasteiger partial charge >= 0.3 is 0 Å². The molecule has 6 nitrogen and oxygen atoms in total. The molecule has 3 aliphatic rings. The zero-order valence-electron chi connectivity index (χ0n) is 15.8. The number of carbonyl (C=O) groups excluding carboxylic acids is 3. The fourth-order valence-corrected chi connectivity index (χ4v) is 4.60. The number of carbonyl (C=O) groups is 3. The zero-order chi connectivity index (χ0) is 19.9. The molecule has 3 amide bonds. The van der Waals surface area contributed by atoms with Crippen molar-refractivity contribution in [3.8, 4) is 0 Å². The molecule has 2 saturated heterocycles. The van der Waals surface area contributed by atoms with Crippen molar-refractivity contribution in [3.63, 3.8) is 0 Å². The van der Waals surface area contributed by atoms with Crippen LogP contribution >= 0.6 is 0 Å². The summed E-state index contributed by atoms with van der Waals surface area (Å²) in [6.45, 7) is 2.32. The second kappa shape index (κ2) is 7.04. The van der Waals surface area contributed by atoms with Crippen molar-refractivity contribution in [2.24, 2.45) is 0 Å². The lowest BCUT2D eigenvalue weighted by Gasteiger charge is -2.33. The molecule has 3 atom stereocenters. The van der Waals surface area contributed by atoms with Gasteiger partial charge in [0.15, 0.2) is 0 Å². The van der Waals surface area contributed by atoms with E-state index in [1.54, 1.807) is 18.2 Å². The van der Waals surface area contributed by atoms with Gasteiger partial charge in [0, 0.05) is 25.1 Å². The van der Waals surface area contributed by atoms with Crippen molar-refractivity contribution < 1.29 is 18.8 Å². The highest BCUT2D eigenvalue weighted by Gasteiger charge is 2.52. The predicted octanol–water partition coefficient (Wildman–Crippen LogP) is 1.76. The molecule has 4 rings (SSSR count). The van der Waals surface area contributed by atoms with Crippen molar-refractivity contribution in [1.29, 1.82) is 0 Å². The molecule has 148 valence electrons. The van der Waals surface area contributed by atoms with E-state index in [1.807, 2.05) is 11.8 Å². The van der Waals surface area contributed by atoms with Gasteiger partial charge in [0.25, 0.3) is 0 Å². The van der Waals surface area contributed by atoms with E-state index in [0.717, 1.165) is 30.4 Å². The number of amides is 3. The first-order chi connectivity index (χ1) is 13.3. The normalized spacial score (nSPS) is 29.1. The average molecular weight is 385 g/mol. The summed E-state index contributed by atoms with van der Waals surface area (Å²) in [4.78, 5) is 38.5. The molecular weight excluding hydrogens is 361 g/mol. The first-order valence-electron chi connectivity index (χ1n) is 9.71. The number of hydrogen-bond donors (Lipinski definition) is 2. The summed E-state index contributed by atoms with van der Waals surface area (Å²) < 4.78 is 13.1. The summed E-state index contributed by atoms with van der Waals surface area (Å²) in [5.41, 5.74) is 1.18. The summed E-state index contributed by atoms with van der Waals surface area (Å²) in [7, 11) is 0. The van der Waals surface area contributed by atoms with E-state index in [0.29, 0.717) is 19.4 Å². The number of halogens is 1. The lowest BCUT2D eigenvalue weighted by atomic mass is 9.97. The van der Waals surface area contributed by atoms with E-state index in [-0.39, 0.29) is 29.6 Å². The van der Waals surface area contributed by atoms with Gasteiger partial charge in [-0.1, -0.05) is 12.1 Å². The molecule has 0 radical (unpaired) electrons. The second-order valence-corrected chi connectivity index (χ2v) is 8.13. The number of rotatable bonds is 4. The van der Waals surface area contributed by atoms with Gasteiger partial charge in [-0.2, -0.15) is 0 Å². The van der Waals surface area contributed by atoms with Gasteiger partial charge in [-0.3, -0.25) is 14.4 Å². The molecule has 2 bridgehead atoms. The Hall–Kier alpha value is -2.70. The van der Waals surface area contributed by atoms with E-state index in [4.69, 9.17) is 0 Å². The van der Waals surface area contributed by atoms with Crippen LogP contribution < -0.4 is 10.6 Å². The number of nitrogens with zero attached hydrogens (tertiary/aromatic N) is 1. The maximum atomic E-state index is 13.1. The number of fused-ring (bicyclic) bond motifs is 2. The molecule has 2 N–H and O–H groups in total. The number of nitrogens with one attached hydrogen (secondary N) is 2. The van der Waals surface area contributed by atoms with E-state index in [2.05, 4.69) is 10.6 Å². The summed E-state index contributed by atoms with van der Waals surface area (Å²) in [6.07, 6.45) is 4.93. The van der Waals surface area contributed by atoms with Gasteiger partial charge in [-0.05, 0) is 55.9 Å². The maximum absolute atomic E-state index is 13.1. The third-order valence-electron chi connectivity index (χ3n) is 6.12. The van der Waals surface area contributed by atoms with Gasteiger partial charge in [-0.25, -0.2) is 4.39 Å². The van der Waals surface area contributed by atoms with Crippen LogP contribution in [-0.4, -0.2) is 46.8 Å². The summed E-state index contributed by atoms with van der Waals surface area (Å²) >= 11 is 0. The summed E-state index contributed by atoms with van der Waals surface area (Å²) in [5.74, 6) is -0.641. The molecule has 2 aliphatic heterocycles. The first-order valence-corrected chi connectivity index (χ1v) is 9.71. The molecule has 3 fully saturated rings. The molecule has 1 aromatic rings. The molecule has 2 heterocycles. The van der Waals surface area contributed by atoms with Gasteiger partial charge < -0.3 is 15.5 Å². The molecule has 1 aliphatic carbocycles. The Morgan fingerprint density at radius 1 is 1.29 bits per heavy atom. The van der Waals surface area contributed by atoms with Crippen LogP contribution in [0.3, 0.4) is 0 Å². The summed E-state index contributed by atoms with van der Waals surface area (Å²) in [6, 6.07) is 5.71. The maximum Gasteiger partial charge on any atom is 0.247 e. The molecular formula is C21H24FN3O3. The fourth-order valence-electron chi connectivity index (χ4n) is 4.60. The topological polar surface area (TPSA) is 78.5 Å². The Morgan fingerprint density at radius 2 is 2.04 bits per heavy atom. The first kappa shape index (κ1) is 18.7. The van der Waals surface area contributed by atoms with Gasteiger partial charge in [0.2, 0.25) is 17.7 Å². The number of likely N-dealkylation sites (tertiary alicyclic amines) is 1. The van der Waals surface area contributed by atoms with Crippen LogP contribution in [0.1, 0.15) is 44.6 Å². The van der Waals surface area contributed by atoms with E-state index in [9.17, 15) is 18.8 Å². The molecule has 0 aromatic heterocycles. The number of hydrogen-bond acceptors (Lipinski definition) is 3. The minimum atomic E-state index is -0.466. The lowest BCUT2D eigenvalue weighted by Crippen LogP contribution is -2.55. The van der Waals surface area contributed by atoms with Crippen LogP contribution in [0.15, 0.2) is 30.3 Å². The highest BCUT2D eigenvalue weighted by Crippen LogP contribution is 2.41. The molecule has 28 heavy (non-hydrogen) atoms. The third kappa shape index (κ3) is 3.53.